The summed E-state index contributed by atoms with van der Waals surface area (Å²) in [6.07, 6.45) is 0.612. The van der Waals surface area contributed by atoms with E-state index in [1.807, 2.05) is 30.3 Å². The Labute approximate surface area is 127 Å². The predicted octanol–water partition coefficient (Wildman–Crippen LogP) is 3.61. The SMILES string of the molecule is O=Cc1c(O)ccc2cc(C(=O)Nc3ccccc3)ccc12. The van der Waals surface area contributed by atoms with Gasteiger partial charge in [0, 0.05) is 11.3 Å². The normalized spacial score (nSPS) is 10.4. The number of hydrogen-bond donors (Lipinski definition) is 2. The van der Waals surface area contributed by atoms with Crippen molar-refractivity contribution in [1.29, 1.82) is 0 Å². The van der Waals surface area contributed by atoms with Gasteiger partial charge in [-0.25, -0.2) is 0 Å². The standard InChI is InChI=1S/C18H13NO3/c20-11-16-15-8-6-13(10-12(15)7-9-17(16)21)18(22)19-14-4-2-1-3-5-14/h1-11,21H,(H,19,22). The van der Waals surface area contributed by atoms with E-state index >= 15 is 0 Å². The van der Waals surface area contributed by atoms with Crippen molar-refractivity contribution in [2.75, 3.05) is 5.32 Å². The Morgan fingerprint density at radius 3 is 2.50 bits per heavy atom. The lowest BCUT2D eigenvalue weighted by molar-refractivity contribution is 0.102. The summed E-state index contributed by atoms with van der Waals surface area (Å²) < 4.78 is 0. The number of nitrogens with one attached hydrogen (secondary N) is 1. The number of carbonyl (C=O) groups is 2. The van der Waals surface area contributed by atoms with Crippen LogP contribution in [0.25, 0.3) is 10.8 Å². The number of phenolic OH excluding ortho intramolecular Hbond substituents is 1. The molecule has 22 heavy (non-hydrogen) atoms. The summed E-state index contributed by atoms with van der Waals surface area (Å²) in [4.78, 5) is 23.3. The van der Waals surface area contributed by atoms with Gasteiger partial charge in [-0.3, -0.25) is 9.59 Å². The number of fused-ring (bicyclic) bond motifs is 1. The minimum Gasteiger partial charge on any atom is -0.507 e. The molecule has 3 aromatic rings. The number of aromatic hydroxyl groups is 1. The molecule has 0 heterocycles. The third-order valence-electron chi connectivity index (χ3n) is 3.45. The van der Waals surface area contributed by atoms with Gasteiger partial charge in [0.2, 0.25) is 0 Å². The molecule has 0 aliphatic heterocycles. The number of hydrogen-bond acceptors (Lipinski definition) is 3. The van der Waals surface area contributed by atoms with Crippen molar-refractivity contribution in [3.05, 3.63) is 71.8 Å². The van der Waals surface area contributed by atoms with Gasteiger partial charge in [0.05, 0.1) is 5.56 Å². The first-order chi connectivity index (χ1) is 10.7. The highest BCUT2D eigenvalue weighted by molar-refractivity contribution is 6.08. The molecule has 0 saturated carbocycles. The largest absolute Gasteiger partial charge is 0.507 e. The van der Waals surface area contributed by atoms with Crippen LogP contribution in [-0.2, 0) is 0 Å². The van der Waals surface area contributed by atoms with E-state index in [0.717, 1.165) is 5.39 Å². The highest BCUT2D eigenvalue weighted by atomic mass is 16.3. The predicted molar refractivity (Wildman–Crippen MR) is 85.4 cm³/mol. The van der Waals surface area contributed by atoms with Crippen LogP contribution in [0.4, 0.5) is 5.69 Å². The third kappa shape index (κ3) is 2.54. The summed E-state index contributed by atoms with van der Waals surface area (Å²) >= 11 is 0. The van der Waals surface area contributed by atoms with Crippen LogP contribution in [0.3, 0.4) is 0 Å². The fourth-order valence-electron chi connectivity index (χ4n) is 2.33. The number of amides is 1. The molecule has 0 atom stereocenters. The summed E-state index contributed by atoms with van der Waals surface area (Å²) in [7, 11) is 0. The molecule has 0 aliphatic carbocycles. The minimum atomic E-state index is -0.228. The summed E-state index contributed by atoms with van der Waals surface area (Å²) in [6, 6.07) is 17.3. The number of para-hydroxylation sites is 1. The van der Waals surface area contributed by atoms with E-state index in [1.165, 1.54) is 6.07 Å². The fourth-order valence-corrected chi connectivity index (χ4v) is 2.33. The molecule has 3 rings (SSSR count). The molecule has 0 spiro atoms. The van der Waals surface area contributed by atoms with Gasteiger partial charge in [0.15, 0.2) is 6.29 Å². The number of rotatable bonds is 3. The highest BCUT2D eigenvalue weighted by Crippen LogP contribution is 2.26. The average Bonchev–Trinajstić information content (AvgIpc) is 2.55. The van der Waals surface area contributed by atoms with Gasteiger partial charge >= 0.3 is 0 Å². The Morgan fingerprint density at radius 1 is 1.00 bits per heavy atom. The molecule has 4 heteroatoms. The minimum absolute atomic E-state index is 0.0658. The molecule has 0 unspecified atom stereocenters. The molecule has 0 aromatic heterocycles. The summed E-state index contributed by atoms with van der Waals surface area (Å²) in [5.41, 5.74) is 1.43. The Balaban J connectivity index is 1.97. The van der Waals surface area contributed by atoms with Crippen LogP contribution in [0.15, 0.2) is 60.7 Å². The molecule has 0 radical (unpaired) electrons. The molecule has 3 aromatic carbocycles. The Kier molecular flexibility index (Phi) is 3.58. The van der Waals surface area contributed by atoms with Crippen molar-refractivity contribution in [3.8, 4) is 5.75 Å². The number of phenols is 1. The van der Waals surface area contributed by atoms with Crippen LogP contribution in [0, 0.1) is 0 Å². The van der Waals surface area contributed by atoms with E-state index in [9.17, 15) is 14.7 Å². The Hall–Kier alpha value is -3.14. The highest BCUT2D eigenvalue weighted by Gasteiger charge is 2.10. The zero-order valence-corrected chi connectivity index (χ0v) is 11.6. The zero-order chi connectivity index (χ0) is 15.5. The molecular weight excluding hydrogens is 278 g/mol. The first-order valence-corrected chi connectivity index (χ1v) is 6.76. The molecule has 108 valence electrons. The first kappa shape index (κ1) is 13.8. The molecular formula is C18H13NO3. The van der Waals surface area contributed by atoms with Crippen molar-refractivity contribution in [3.63, 3.8) is 0 Å². The Bertz CT molecular complexity index is 857. The van der Waals surface area contributed by atoms with E-state index in [1.54, 1.807) is 24.3 Å². The second-order valence-corrected chi connectivity index (χ2v) is 4.87. The van der Waals surface area contributed by atoms with Crippen molar-refractivity contribution in [2.24, 2.45) is 0 Å². The smallest absolute Gasteiger partial charge is 0.255 e. The van der Waals surface area contributed by atoms with Gasteiger partial charge in [0.25, 0.3) is 5.91 Å². The number of carbonyl (C=O) groups excluding carboxylic acids is 2. The molecule has 2 N–H and O–H groups in total. The molecule has 0 saturated heterocycles. The van der Waals surface area contributed by atoms with Crippen molar-refractivity contribution < 1.29 is 14.7 Å². The lowest BCUT2D eigenvalue weighted by Gasteiger charge is -2.08. The zero-order valence-electron chi connectivity index (χ0n) is 11.6. The van der Waals surface area contributed by atoms with Crippen LogP contribution >= 0.6 is 0 Å². The van der Waals surface area contributed by atoms with Gasteiger partial charge in [-0.1, -0.05) is 30.3 Å². The van der Waals surface area contributed by atoms with Gasteiger partial charge < -0.3 is 10.4 Å². The van der Waals surface area contributed by atoms with Gasteiger partial charge in [-0.2, -0.15) is 0 Å². The molecule has 4 nitrogen and oxygen atoms in total. The van der Waals surface area contributed by atoms with E-state index in [-0.39, 0.29) is 17.2 Å². The number of aldehydes is 1. The van der Waals surface area contributed by atoms with Crippen LogP contribution in [0.1, 0.15) is 20.7 Å². The first-order valence-electron chi connectivity index (χ1n) is 6.76. The Morgan fingerprint density at radius 2 is 1.77 bits per heavy atom. The summed E-state index contributed by atoms with van der Waals surface area (Å²) in [5, 5.41) is 13.8. The van der Waals surface area contributed by atoms with Crippen molar-refractivity contribution in [2.45, 2.75) is 0 Å². The molecule has 1 amide bonds. The van der Waals surface area contributed by atoms with Crippen molar-refractivity contribution >= 4 is 28.7 Å². The van der Waals surface area contributed by atoms with Crippen molar-refractivity contribution in [1.82, 2.24) is 0 Å². The lowest BCUT2D eigenvalue weighted by Crippen LogP contribution is -2.11. The van der Waals surface area contributed by atoms with Crippen LogP contribution in [0.5, 0.6) is 5.75 Å². The van der Waals surface area contributed by atoms with E-state index < -0.39 is 0 Å². The quantitative estimate of drug-likeness (QED) is 0.724. The third-order valence-corrected chi connectivity index (χ3v) is 3.45. The van der Waals surface area contributed by atoms with E-state index in [2.05, 4.69) is 5.32 Å². The second kappa shape index (κ2) is 5.69. The molecule has 0 aliphatic rings. The second-order valence-electron chi connectivity index (χ2n) is 4.87. The fraction of sp³-hybridized carbons (Fsp3) is 0. The maximum atomic E-state index is 12.2. The van der Waals surface area contributed by atoms with Gasteiger partial charge in [0.1, 0.15) is 5.75 Å². The number of benzene rings is 3. The number of anilines is 1. The maximum absolute atomic E-state index is 12.2. The maximum Gasteiger partial charge on any atom is 0.255 e. The van der Waals surface area contributed by atoms with E-state index in [0.29, 0.717) is 22.9 Å². The van der Waals surface area contributed by atoms with E-state index in [4.69, 9.17) is 0 Å². The van der Waals surface area contributed by atoms with Gasteiger partial charge in [-0.05, 0) is 41.1 Å². The van der Waals surface area contributed by atoms with Crippen LogP contribution in [-0.4, -0.2) is 17.3 Å². The van der Waals surface area contributed by atoms with Gasteiger partial charge in [-0.15, -0.1) is 0 Å². The summed E-state index contributed by atoms with van der Waals surface area (Å²) in [6.45, 7) is 0. The molecule has 0 fully saturated rings. The lowest BCUT2D eigenvalue weighted by atomic mass is 10.0. The monoisotopic (exact) mass is 291 g/mol. The summed E-state index contributed by atoms with van der Waals surface area (Å²) in [5.74, 6) is -0.294. The van der Waals surface area contributed by atoms with Crippen LogP contribution in [0.2, 0.25) is 0 Å². The topological polar surface area (TPSA) is 66.4 Å². The molecule has 0 bridgehead atoms. The van der Waals surface area contributed by atoms with Crippen LogP contribution < -0.4 is 5.32 Å². The average molecular weight is 291 g/mol.